The van der Waals surface area contributed by atoms with Crippen molar-refractivity contribution in [1.29, 1.82) is 0 Å². The standard InChI is InChI=1S/C17H23FN2O.ClH/c18-15-4-5-16-14(12-15)2-1-11-20(16)17(21)6-3-13-7-9-19-10-8-13;/h4-5,12-13,19H,1-3,6-11H2;1H. The molecule has 1 saturated heterocycles. The van der Waals surface area contributed by atoms with E-state index in [1.54, 1.807) is 12.1 Å². The van der Waals surface area contributed by atoms with Crippen LogP contribution in [0.25, 0.3) is 0 Å². The second kappa shape index (κ2) is 7.93. The number of halogens is 2. The molecule has 0 aliphatic carbocycles. The summed E-state index contributed by atoms with van der Waals surface area (Å²) >= 11 is 0. The summed E-state index contributed by atoms with van der Waals surface area (Å²) in [5.41, 5.74) is 1.88. The first-order valence-electron chi connectivity index (χ1n) is 8.03. The van der Waals surface area contributed by atoms with Gasteiger partial charge in [0.1, 0.15) is 5.82 Å². The molecule has 0 radical (unpaired) electrons. The Labute approximate surface area is 137 Å². The van der Waals surface area contributed by atoms with Gasteiger partial charge in [-0.3, -0.25) is 4.79 Å². The molecule has 1 aromatic rings. The lowest BCUT2D eigenvalue weighted by atomic mass is 9.92. The van der Waals surface area contributed by atoms with Crippen molar-refractivity contribution in [3.05, 3.63) is 29.6 Å². The normalized spacial score (nSPS) is 18.5. The van der Waals surface area contributed by atoms with Crippen LogP contribution in [0.3, 0.4) is 0 Å². The number of benzene rings is 1. The maximum absolute atomic E-state index is 13.3. The fourth-order valence-corrected chi connectivity index (χ4v) is 3.46. The fourth-order valence-electron chi connectivity index (χ4n) is 3.46. The Balaban J connectivity index is 0.00000176. The second-order valence-corrected chi connectivity index (χ2v) is 6.15. The summed E-state index contributed by atoms with van der Waals surface area (Å²) in [4.78, 5) is 14.4. The Hall–Kier alpha value is -1.13. The summed E-state index contributed by atoms with van der Waals surface area (Å²) in [5.74, 6) is 0.659. The summed E-state index contributed by atoms with van der Waals surface area (Å²) in [7, 11) is 0. The van der Waals surface area contributed by atoms with Gasteiger partial charge in [-0.1, -0.05) is 0 Å². The molecule has 1 aromatic carbocycles. The van der Waals surface area contributed by atoms with Crippen LogP contribution >= 0.6 is 12.4 Å². The molecule has 1 fully saturated rings. The van der Waals surface area contributed by atoms with Crippen LogP contribution in [0.5, 0.6) is 0 Å². The summed E-state index contributed by atoms with van der Waals surface area (Å²) in [6, 6.07) is 4.78. The van der Waals surface area contributed by atoms with Gasteiger partial charge in [0.25, 0.3) is 0 Å². The number of anilines is 1. The molecule has 3 nitrogen and oxygen atoms in total. The van der Waals surface area contributed by atoms with E-state index in [0.29, 0.717) is 12.3 Å². The molecule has 22 heavy (non-hydrogen) atoms. The predicted molar refractivity (Wildman–Crippen MR) is 89.1 cm³/mol. The largest absolute Gasteiger partial charge is 0.317 e. The minimum atomic E-state index is -0.210. The van der Waals surface area contributed by atoms with Crippen LogP contribution in [-0.4, -0.2) is 25.5 Å². The number of nitrogens with zero attached hydrogens (tertiary/aromatic N) is 1. The minimum Gasteiger partial charge on any atom is -0.317 e. The fraction of sp³-hybridized carbons (Fsp3) is 0.588. The van der Waals surface area contributed by atoms with E-state index in [2.05, 4.69) is 5.32 Å². The minimum absolute atomic E-state index is 0. The zero-order valence-electron chi connectivity index (χ0n) is 12.8. The zero-order chi connectivity index (χ0) is 14.7. The average Bonchev–Trinajstić information content (AvgIpc) is 2.52. The molecule has 0 unspecified atom stereocenters. The Morgan fingerprint density at radius 3 is 2.86 bits per heavy atom. The number of amides is 1. The second-order valence-electron chi connectivity index (χ2n) is 6.15. The molecule has 2 heterocycles. The highest BCUT2D eigenvalue weighted by atomic mass is 35.5. The number of hydrogen-bond donors (Lipinski definition) is 1. The number of fused-ring (bicyclic) bond motifs is 1. The molecule has 0 spiro atoms. The molecule has 3 rings (SSSR count). The van der Waals surface area contributed by atoms with Crippen LogP contribution in [0.2, 0.25) is 0 Å². The van der Waals surface area contributed by atoms with E-state index in [0.717, 1.165) is 50.1 Å². The number of carbonyl (C=O) groups excluding carboxylic acids is 1. The Morgan fingerprint density at radius 1 is 1.32 bits per heavy atom. The topological polar surface area (TPSA) is 32.3 Å². The van der Waals surface area contributed by atoms with Gasteiger partial charge in [0.05, 0.1) is 0 Å². The van der Waals surface area contributed by atoms with Crippen molar-refractivity contribution in [3.8, 4) is 0 Å². The Kier molecular flexibility index (Phi) is 6.21. The summed E-state index contributed by atoms with van der Waals surface area (Å²) in [5, 5.41) is 3.35. The van der Waals surface area contributed by atoms with E-state index in [1.807, 2.05) is 4.90 Å². The molecular weight excluding hydrogens is 303 g/mol. The predicted octanol–water partition coefficient (Wildman–Crippen LogP) is 3.31. The third kappa shape index (κ3) is 3.99. The number of carbonyl (C=O) groups is 1. The quantitative estimate of drug-likeness (QED) is 0.924. The van der Waals surface area contributed by atoms with Gasteiger partial charge in [-0.05, 0) is 74.9 Å². The van der Waals surface area contributed by atoms with Crippen LogP contribution in [0.15, 0.2) is 18.2 Å². The SMILES string of the molecule is Cl.O=C(CCC1CCNCC1)N1CCCc2cc(F)ccc21. The van der Waals surface area contributed by atoms with Gasteiger partial charge < -0.3 is 10.2 Å². The lowest BCUT2D eigenvalue weighted by Crippen LogP contribution is -2.36. The van der Waals surface area contributed by atoms with E-state index in [-0.39, 0.29) is 24.1 Å². The molecule has 0 saturated carbocycles. The molecule has 1 amide bonds. The maximum Gasteiger partial charge on any atom is 0.226 e. The van der Waals surface area contributed by atoms with Crippen molar-refractivity contribution in [3.63, 3.8) is 0 Å². The van der Waals surface area contributed by atoms with Crippen molar-refractivity contribution in [2.45, 2.75) is 38.5 Å². The van der Waals surface area contributed by atoms with Crippen LogP contribution < -0.4 is 10.2 Å². The van der Waals surface area contributed by atoms with Gasteiger partial charge >= 0.3 is 0 Å². The number of hydrogen-bond acceptors (Lipinski definition) is 2. The van der Waals surface area contributed by atoms with Crippen LogP contribution in [0, 0.1) is 11.7 Å². The van der Waals surface area contributed by atoms with Crippen LogP contribution in [0.4, 0.5) is 10.1 Å². The lowest BCUT2D eigenvalue weighted by molar-refractivity contribution is -0.119. The number of aryl methyl sites for hydroxylation is 1. The summed E-state index contributed by atoms with van der Waals surface area (Å²) < 4.78 is 13.3. The van der Waals surface area contributed by atoms with Crippen molar-refractivity contribution < 1.29 is 9.18 Å². The van der Waals surface area contributed by atoms with Crippen LogP contribution in [0.1, 0.15) is 37.7 Å². The van der Waals surface area contributed by atoms with Crippen molar-refractivity contribution in [2.24, 2.45) is 5.92 Å². The number of piperidine rings is 1. The van der Waals surface area contributed by atoms with E-state index >= 15 is 0 Å². The molecule has 122 valence electrons. The van der Waals surface area contributed by atoms with E-state index in [9.17, 15) is 9.18 Å². The smallest absolute Gasteiger partial charge is 0.226 e. The first-order valence-corrected chi connectivity index (χ1v) is 8.03. The van der Waals surface area contributed by atoms with Crippen molar-refractivity contribution in [2.75, 3.05) is 24.5 Å². The Morgan fingerprint density at radius 2 is 2.09 bits per heavy atom. The van der Waals surface area contributed by atoms with Crippen LogP contribution in [-0.2, 0) is 11.2 Å². The lowest BCUT2D eigenvalue weighted by Gasteiger charge is -2.30. The first-order chi connectivity index (χ1) is 10.2. The van der Waals surface area contributed by atoms with E-state index < -0.39 is 0 Å². The molecule has 1 N–H and O–H groups in total. The average molecular weight is 327 g/mol. The Bertz CT molecular complexity index is 517. The van der Waals surface area contributed by atoms with Gasteiger partial charge in [0, 0.05) is 18.7 Å². The maximum atomic E-state index is 13.3. The highest BCUT2D eigenvalue weighted by Gasteiger charge is 2.23. The highest BCUT2D eigenvalue weighted by Crippen LogP contribution is 2.29. The third-order valence-corrected chi connectivity index (χ3v) is 4.69. The van der Waals surface area contributed by atoms with E-state index in [4.69, 9.17) is 0 Å². The van der Waals surface area contributed by atoms with Gasteiger partial charge in [-0.15, -0.1) is 12.4 Å². The van der Waals surface area contributed by atoms with E-state index in [1.165, 1.54) is 18.9 Å². The van der Waals surface area contributed by atoms with Gasteiger partial charge in [0.2, 0.25) is 5.91 Å². The van der Waals surface area contributed by atoms with Gasteiger partial charge in [0.15, 0.2) is 0 Å². The van der Waals surface area contributed by atoms with Gasteiger partial charge in [-0.2, -0.15) is 0 Å². The highest BCUT2D eigenvalue weighted by molar-refractivity contribution is 5.94. The molecule has 0 bridgehead atoms. The summed E-state index contributed by atoms with van der Waals surface area (Å²) in [6.07, 6.45) is 5.74. The molecule has 0 aromatic heterocycles. The number of rotatable bonds is 3. The molecule has 2 aliphatic rings. The molecule has 0 atom stereocenters. The van der Waals surface area contributed by atoms with Gasteiger partial charge in [-0.25, -0.2) is 4.39 Å². The first kappa shape index (κ1) is 17.2. The molecular formula is C17H24ClFN2O. The number of nitrogens with one attached hydrogen (secondary N) is 1. The third-order valence-electron chi connectivity index (χ3n) is 4.69. The molecule has 2 aliphatic heterocycles. The molecule has 5 heteroatoms. The van der Waals surface area contributed by atoms with Crippen molar-refractivity contribution >= 4 is 24.0 Å². The van der Waals surface area contributed by atoms with Crippen molar-refractivity contribution in [1.82, 2.24) is 5.32 Å². The summed E-state index contributed by atoms with van der Waals surface area (Å²) in [6.45, 7) is 2.92. The zero-order valence-corrected chi connectivity index (χ0v) is 13.6. The monoisotopic (exact) mass is 326 g/mol.